The van der Waals surface area contributed by atoms with Gasteiger partial charge in [0.25, 0.3) is 11.9 Å². The summed E-state index contributed by atoms with van der Waals surface area (Å²) >= 11 is 0. The summed E-state index contributed by atoms with van der Waals surface area (Å²) in [5, 5.41) is 14.2. The molecule has 6 heteroatoms. The SMILES string of the molecule is CC(=O)O.O=C1NC2(CCN(Cc3ccccc3)CC2)Nc2ccccc21. The third-order valence-electron chi connectivity index (χ3n) is 4.86. The second-order valence-corrected chi connectivity index (χ2v) is 6.99. The van der Waals surface area contributed by atoms with Crippen LogP contribution in [0.5, 0.6) is 0 Å². The van der Waals surface area contributed by atoms with Gasteiger partial charge in [-0.25, -0.2) is 0 Å². The number of amides is 1. The van der Waals surface area contributed by atoms with Gasteiger partial charge in [0.05, 0.1) is 5.56 Å². The molecule has 0 aromatic heterocycles. The molecule has 0 radical (unpaired) electrons. The monoisotopic (exact) mass is 367 g/mol. The first-order valence-corrected chi connectivity index (χ1v) is 9.13. The number of carbonyl (C=O) groups is 2. The van der Waals surface area contributed by atoms with Crippen molar-refractivity contribution in [3.8, 4) is 0 Å². The minimum atomic E-state index is -0.833. The van der Waals surface area contributed by atoms with Crippen molar-refractivity contribution in [3.05, 3.63) is 65.7 Å². The van der Waals surface area contributed by atoms with Crippen molar-refractivity contribution >= 4 is 17.6 Å². The molecule has 2 aromatic carbocycles. The van der Waals surface area contributed by atoms with Crippen molar-refractivity contribution in [2.24, 2.45) is 0 Å². The van der Waals surface area contributed by atoms with E-state index >= 15 is 0 Å². The van der Waals surface area contributed by atoms with Gasteiger partial charge in [-0.2, -0.15) is 0 Å². The maximum atomic E-state index is 12.4. The molecule has 0 bridgehead atoms. The van der Waals surface area contributed by atoms with E-state index < -0.39 is 5.97 Å². The van der Waals surface area contributed by atoms with Crippen LogP contribution in [0.1, 0.15) is 35.7 Å². The van der Waals surface area contributed by atoms with Crippen molar-refractivity contribution in [2.45, 2.75) is 32.0 Å². The Hall–Kier alpha value is -2.86. The van der Waals surface area contributed by atoms with Crippen LogP contribution in [0.25, 0.3) is 0 Å². The summed E-state index contributed by atoms with van der Waals surface area (Å²) in [5.41, 5.74) is 2.74. The molecule has 1 fully saturated rings. The first kappa shape index (κ1) is 18.9. The van der Waals surface area contributed by atoms with Gasteiger partial charge in [0.1, 0.15) is 5.66 Å². The predicted octanol–water partition coefficient (Wildman–Crippen LogP) is 2.93. The van der Waals surface area contributed by atoms with Crippen LogP contribution in [0.2, 0.25) is 0 Å². The van der Waals surface area contributed by atoms with Crippen LogP contribution in [0.15, 0.2) is 54.6 Å². The van der Waals surface area contributed by atoms with Crippen molar-refractivity contribution in [2.75, 3.05) is 18.4 Å². The molecule has 0 saturated carbocycles. The van der Waals surface area contributed by atoms with E-state index in [2.05, 4.69) is 39.8 Å². The molecule has 1 amide bonds. The lowest BCUT2D eigenvalue weighted by Gasteiger charge is -2.46. The number of anilines is 1. The van der Waals surface area contributed by atoms with E-state index in [9.17, 15) is 4.79 Å². The number of rotatable bonds is 2. The summed E-state index contributed by atoms with van der Waals surface area (Å²) in [4.78, 5) is 23.8. The number of hydrogen-bond acceptors (Lipinski definition) is 4. The molecule has 2 heterocycles. The van der Waals surface area contributed by atoms with Gasteiger partial charge in [-0.15, -0.1) is 0 Å². The Kier molecular flexibility index (Phi) is 5.76. The van der Waals surface area contributed by atoms with E-state index in [1.54, 1.807) is 0 Å². The highest BCUT2D eigenvalue weighted by molar-refractivity contribution is 6.02. The van der Waals surface area contributed by atoms with Gasteiger partial charge >= 0.3 is 0 Å². The van der Waals surface area contributed by atoms with E-state index in [-0.39, 0.29) is 11.6 Å². The fraction of sp³-hybridized carbons (Fsp3) is 0.333. The van der Waals surface area contributed by atoms with Crippen LogP contribution in [0, 0.1) is 0 Å². The summed E-state index contributed by atoms with van der Waals surface area (Å²) in [6, 6.07) is 18.3. The molecule has 142 valence electrons. The molecule has 0 unspecified atom stereocenters. The Balaban J connectivity index is 0.000000481. The fourth-order valence-electron chi connectivity index (χ4n) is 3.55. The quantitative estimate of drug-likeness (QED) is 0.760. The summed E-state index contributed by atoms with van der Waals surface area (Å²) in [6.45, 7) is 4.01. The Labute approximate surface area is 159 Å². The topological polar surface area (TPSA) is 81.7 Å². The van der Waals surface area contributed by atoms with E-state index in [0.29, 0.717) is 0 Å². The maximum absolute atomic E-state index is 12.4. The zero-order valence-corrected chi connectivity index (χ0v) is 15.4. The summed E-state index contributed by atoms with van der Waals surface area (Å²) in [7, 11) is 0. The zero-order chi connectivity index (χ0) is 19.3. The lowest BCUT2D eigenvalue weighted by atomic mass is 9.92. The lowest BCUT2D eigenvalue weighted by Crippen LogP contribution is -2.62. The van der Waals surface area contributed by atoms with Crippen LogP contribution in [0.4, 0.5) is 5.69 Å². The normalized spacial score (nSPS) is 17.7. The molecule has 2 aromatic rings. The Morgan fingerprint density at radius 2 is 1.63 bits per heavy atom. The highest BCUT2D eigenvalue weighted by Crippen LogP contribution is 2.31. The third-order valence-corrected chi connectivity index (χ3v) is 4.86. The van der Waals surface area contributed by atoms with E-state index in [4.69, 9.17) is 9.90 Å². The molecule has 2 aliphatic heterocycles. The lowest BCUT2D eigenvalue weighted by molar-refractivity contribution is -0.134. The van der Waals surface area contributed by atoms with Crippen LogP contribution in [0.3, 0.4) is 0 Å². The van der Waals surface area contributed by atoms with Gasteiger partial charge in [-0.1, -0.05) is 42.5 Å². The van der Waals surface area contributed by atoms with Crippen LogP contribution in [-0.2, 0) is 11.3 Å². The number of nitrogens with zero attached hydrogens (tertiary/aromatic N) is 1. The fourth-order valence-corrected chi connectivity index (χ4v) is 3.55. The zero-order valence-electron chi connectivity index (χ0n) is 15.4. The van der Waals surface area contributed by atoms with E-state index in [1.807, 2.05) is 30.3 Å². The number of carbonyl (C=O) groups excluding carboxylic acids is 1. The van der Waals surface area contributed by atoms with Gasteiger partial charge in [0.15, 0.2) is 0 Å². The van der Waals surface area contributed by atoms with Crippen molar-refractivity contribution in [1.82, 2.24) is 10.2 Å². The van der Waals surface area contributed by atoms with Crippen molar-refractivity contribution in [1.29, 1.82) is 0 Å². The number of fused-ring (bicyclic) bond motifs is 1. The largest absolute Gasteiger partial charge is 0.481 e. The van der Waals surface area contributed by atoms with Gasteiger partial charge in [0.2, 0.25) is 0 Å². The Morgan fingerprint density at radius 1 is 1.04 bits per heavy atom. The average molecular weight is 367 g/mol. The number of carboxylic acid groups (broad SMARTS) is 1. The molecular weight excluding hydrogens is 342 g/mol. The number of hydrogen-bond donors (Lipinski definition) is 3. The first-order chi connectivity index (χ1) is 13.0. The van der Waals surface area contributed by atoms with Crippen molar-refractivity contribution in [3.63, 3.8) is 0 Å². The summed E-state index contributed by atoms with van der Waals surface area (Å²) in [5.74, 6) is -0.796. The third kappa shape index (κ3) is 4.86. The molecule has 1 saturated heterocycles. The molecule has 0 aliphatic carbocycles. The standard InChI is InChI=1S/C19H21N3O.C2H4O2/c23-18-16-8-4-5-9-17(16)20-19(21-18)10-12-22(13-11-19)14-15-6-2-1-3-7-15;1-2(3)4/h1-9,20H,10-14H2,(H,21,23);1H3,(H,3,4). The summed E-state index contributed by atoms with van der Waals surface area (Å²) < 4.78 is 0. The minimum Gasteiger partial charge on any atom is -0.481 e. The molecule has 4 rings (SSSR count). The second-order valence-electron chi connectivity index (χ2n) is 6.99. The van der Waals surface area contributed by atoms with E-state index in [0.717, 1.165) is 50.7 Å². The molecule has 3 N–H and O–H groups in total. The van der Waals surface area contributed by atoms with Crippen LogP contribution < -0.4 is 10.6 Å². The number of piperidine rings is 1. The summed E-state index contributed by atoms with van der Waals surface area (Å²) in [6.07, 6.45) is 1.83. The number of aliphatic carboxylic acids is 1. The van der Waals surface area contributed by atoms with Gasteiger partial charge in [-0.3, -0.25) is 14.5 Å². The van der Waals surface area contributed by atoms with Crippen LogP contribution >= 0.6 is 0 Å². The number of carboxylic acids is 1. The molecule has 6 nitrogen and oxygen atoms in total. The minimum absolute atomic E-state index is 0.0378. The molecule has 27 heavy (non-hydrogen) atoms. The molecular formula is C21H25N3O3. The first-order valence-electron chi connectivity index (χ1n) is 9.13. The average Bonchev–Trinajstić information content (AvgIpc) is 2.64. The van der Waals surface area contributed by atoms with Gasteiger partial charge in [-0.05, 0) is 17.7 Å². The molecule has 2 aliphatic rings. The van der Waals surface area contributed by atoms with Crippen molar-refractivity contribution < 1.29 is 14.7 Å². The number of benzene rings is 2. The Morgan fingerprint density at radius 3 is 2.30 bits per heavy atom. The smallest absolute Gasteiger partial charge is 0.300 e. The molecule has 0 atom stereocenters. The highest BCUT2D eigenvalue weighted by Gasteiger charge is 2.39. The van der Waals surface area contributed by atoms with E-state index in [1.165, 1.54) is 5.56 Å². The van der Waals surface area contributed by atoms with Crippen LogP contribution in [-0.4, -0.2) is 40.6 Å². The van der Waals surface area contributed by atoms with Gasteiger partial charge < -0.3 is 15.7 Å². The Bertz CT molecular complexity index is 795. The molecule has 1 spiro atoms. The predicted molar refractivity (Wildman–Crippen MR) is 105 cm³/mol. The number of nitrogens with one attached hydrogen (secondary N) is 2. The maximum Gasteiger partial charge on any atom is 0.300 e. The highest BCUT2D eigenvalue weighted by atomic mass is 16.4. The van der Waals surface area contributed by atoms with Gasteiger partial charge in [0, 0.05) is 45.1 Å². The second kappa shape index (κ2) is 8.22. The number of para-hydroxylation sites is 1. The number of likely N-dealkylation sites (tertiary alicyclic amines) is 1.